The third-order valence-electron chi connectivity index (χ3n) is 2.80. The van der Waals surface area contributed by atoms with Crippen molar-refractivity contribution < 1.29 is 14.3 Å². The number of hydrogen-bond donors (Lipinski definition) is 0. The van der Waals surface area contributed by atoms with Crippen molar-refractivity contribution >= 4 is 5.91 Å². The van der Waals surface area contributed by atoms with Crippen LogP contribution in [-0.4, -0.2) is 37.1 Å². The van der Waals surface area contributed by atoms with Gasteiger partial charge >= 0.3 is 0 Å². The number of rotatable bonds is 6. The van der Waals surface area contributed by atoms with Crippen molar-refractivity contribution in [1.82, 2.24) is 4.90 Å². The quantitative estimate of drug-likeness (QED) is 0.779. The summed E-state index contributed by atoms with van der Waals surface area (Å²) >= 11 is 0. The number of carbonyl (C=O) groups excluding carboxylic acids is 1. The Balaban J connectivity index is 2.62. The van der Waals surface area contributed by atoms with E-state index in [2.05, 4.69) is 0 Å². The fourth-order valence-electron chi connectivity index (χ4n) is 1.70. The molecule has 0 aliphatic rings. The number of hydrogen-bond acceptors (Lipinski definition) is 3. The van der Waals surface area contributed by atoms with Gasteiger partial charge in [-0.2, -0.15) is 0 Å². The molecule has 0 saturated heterocycles. The third kappa shape index (κ3) is 3.65. The Bertz CT molecular complexity index is 371. The summed E-state index contributed by atoms with van der Waals surface area (Å²) in [4.78, 5) is 13.8. The number of methoxy groups -OCH3 is 1. The molecule has 1 aromatic rings. The lowest BCUT2D eigenvalue weighted by Crippen LogP contribution is -2.40. The summed E-state index contributed by atoms with van der Waals surface area (Å²) in [5.74, 6) is 1.45. The van der Waals surface area contributed by atoms with E-state index in [1.54, 1.807) is 31.1 Å². The van der Waals surface area contributed by atoms with E-state index in [1.807, 2.05) is 26.0 Å². The molecule has 1 amide bonds. The van der Waals surface area contributed by atoms with Gasteiger partial charge in [0.05, 0.1) is 7.11 Å². The highest BCUT2D eigenvalue weighted by Crippen LogP contribution is 2.18. The van der Waals surface area contributed by atoms with Crippen LogP contribution in [0.15, 0.2) is 24.3 Å². The van der Waals surface area contributed by atoms with Crippen molar-refractivity contribution in [3.63, 3.8) is 0 Å². The first-order chi connectivity index (χ1) is 8.62. The van der Waals surface area contributed by atoms with Crippen molar-refractivity contribution in [1.29, 1.82) is 0 Å². The minimum atomic E-state index is -0.474. The second-order valence-corrected chi connectivity index (χ2v) is 3.95. The molecule has 1 aromatic carbocycles. The topological polar surface area (TPSA) is 38.8 Å². The number of carbonyl (C=O) groups is 1. The maximum Gasteiger partial charge on any atom is 0.263 e. The van der Waals surface area contributed by atoms with E-state index in [9.17, 15) is 4.79 Å². The molecular formula is C14H21NO3. The summed E-state index contributed by atoms with van der Waals surface area (Å²) in [6.45, 7) is 7.09. The molecule has 4 nitrogen and oxygen atoms in total. The molecule has 0 N–H and O–H groups in total. The lowest BCUT2D eigenvalue weighted by Gasteiger charge is -2.23. The van der Waals surface area contributed by atoms with Crippen molar-refractivity contribution in [3.05, 3.63) is 24.3 Å². The number of likely N-dealkylation sites (N-methyl/N-ethyl adjacent to an activating group) is 1. The zero-order valence-corrected chi connectivity index (χ0v) is 11.5. The van der Waals surface area contributed by atoms with Gasteiger partial charge in [-0.05, 0) is 45.0 Å². The predicted molar refractivity (Wildman–Crippen MR) is 71.0 cm³/mol. The molecule has 0 radical (unpaired) electrons. The fraction of sp³-hybridized carbons (Fsp3) is 0.500. The summed E-state index contributed by atoms with van der Waals surface area (Å²) < 4.78 is 10.7. The summed E-state index contributed by atoms with van der Waals surface area (Å²) in [6, 6.07) is 7.21. The van der Waals surface area contributed by atoms with Crippen LogP contribution in [0, 0.1) is 0 Å². The van der Waals surface area contributed by atoms with E-state index in [0.29, 0.717) is 18.8 Å². The molecule has 0 bridgehead atoms. The molecule has 1 atom stereocenters. The van der Waals surface area contributed by atoms with Gasteiger partial charge in [0.2, 0.25) is 0 Å². The van der Waals surface area contributed by atoms with Crippen LogP contribution in [0.5, 0.6) is 11.5 Å². The van der Waals surface area contributed by atoms with E-state index < -0.39 is 6.10 Å². The highest BCUT2D eigenvalue weighted by atomic mass is 16.5. The smallest absolute Gasteiger partial charge is 0.263 e. The Hall–Kier alpha value is -1.71. The molecule has 0 saturated carbocycles. The molecule has 18 heavy (non-hydrogen) atoms. The van der Waals surface area contributed by atoms with Crippen molar-refractivity contribution in [2.75, 3.05) is 20.2 Å². The maximum atomic E-state index is 12.0. The Kier molecular flexibility index (Phi) is 5.49. The van der Waals surface area contributed by atoms with Gasteiger partial charge < -0.3 is 14.4 Å². The van der Waals surface area contributed by atoms with Crippen molar-refractivity contribution in [2.24, 2.45) is 0 Å². The molecule has 0 spiro atoms. The molecule has 4 heteroatoms. The third-order valence-corrected chi connectivity index (χ3v) is 2.80. The van der Waals surface area contributed by atoms with Crippen LogP contribution >= 0.6 is 0 Å². The van der Waals surface area contributed by atoms with Gasteiger partial charge in [-0.1, -0.05) is 0 Å². The molecule has 1 unspecified atom stereocenters. The van der Waals surface area contributed by atoms with Crippen LogP contribution < -0.4 is 9.47 Å². The molecule has 0 fully saturated rings. The Morgan fingerprint density at radius 2 is 1.67 bits per heavy atom. The minimum absolute atomic E-state index is 0.0100. The van der Waals surface area contributed by atoms with Crippen LogP contribution in [-0.2, 0) is 4.79 Å². The average Bonchev–Trinajstić information content (AvgIpc) is 2.40. The lowest BCUT2D eigenvalue weighted by molar-refractivity contribution is -0.137. The first-order valence-electron chi connectivity index (χ1n) is 6.21. The molecule has 0 aliphatic heterocycles. The first-order valence-corrected chi connectivity index (χ1v) is 6.21. The number of ether oxygens (including phenoxy) is 2. The van der Waals surface area contributed by atoms with Crippen LogP contribution in [0.2, 0.25) is 0 Å². The Morgan fingerprint density at radius 3 is 2.11 bits per heavy atom. The highest BCUT2D eigenvalue weighted by Gasteiger charge is 2.19. The van der Waals surface area contributed by atoms with Crippen LogP contribution in [0.3, 0.4) is 0 Å². The van der Waals surface area contributed by atoms with Crippen LogP contribution in [0.1, 0.15) is 20.8 Å². The zero-order chi connectivity index (χ0) is 13.5. The largest absolute Gasteiger partial charge is 0.497 e. The van der Waals surface area contributed by atoms with Gasteiger partial charge in [0.15, 0.2) is 6.10 Å². The molecule has 0 heterocycles. The minimum Gasteiger partial charge on any atom is -0.497 e. The second kappa shape index (κ2) is 6.89. The van der Waals surface area contributed by atoms with E-state index in [0.717, 1.165) is 5.75 Å². The molecule has 0 aromatic heterocycles. The van der Waals surface area contributed by atoms with Gasteiger partial charge in [0.25, 0.3) is 5.91 Å². The highest BCUT2D eigenvalue weighted by molar-refractivity contribution is 5.80. The summed E-state index contributed by atoms with van der Waals surface area (Å²) in [5.41, 5.74) is 0. The normalized spacial score (nSPS) is 11.8. The predicted octanol–water partition coefficient (Wildman–Crippen LogP) is 2.33. The SMILES string of the molecule is CCN(CC)C(=O)C(C)Oc1ccc(OC)cc1. The summed E-state index contributed by atoms with van der Waals surface area (Å²) in [5, 5.41) is 0. The van der Waals surface area contributed by atoms with Crippen molar-refractivity contribution in [2.45, 2.75) is 26.9 Å². The van der Waals surface area contributed by atoms with E-state index in [4.69, 9.17) is 9.47 Å². The lowest BCUT2D eigenvalue weighted by atomic mass is 10.3. The second-order valence-electron chi connectivity index (χ2n) is 3.95. The van der Waals surface area contributed by atoms with Gasteiger partial charge in [-0.15, -0.1) is 0 Å². The first kappa shape index (κ1) is 14.4. The van der Waals surface area contributed by atoms with Gasteiger partial charge in [-0.3, -0.25) is 4.79 Å². The monoisotopic (exact) mass is 251 g/mol. The van der Waals surface area contributed by atoms with E-state index in [1.165, 1.54) is 0 Å². The van der Waals surface area contributed by atoms with Gasteiger partial charge in [0, 0.05) is 13.1 Å². The summed E-state index contributed by atoms with van der Waals surface area (Å²) in [6.07, 6.45) is -0.474. The Morgan fingerprint density at radius 1 is 1.17 bits per heavy atom. The number of amides is 1. The maximum absolute atomic E-state index is 12.0. The standard InChI is InChI=1S/C14H21NO3/c1-5-15(6-2)14(16)11(3)18-13-9-7-12(17-4)8-10-13/h7-11H,5-6H2,1-4H3. The fourth-order valence-corrected chi connectivity index (χ4v) is 1.70. The average molecular weight is 251 g/mol. The number of nitrogens with zero attached hydrogens (tertiary/aromatic N) is 1. The molecule has 1 rings (SSSR count). The van der Waals surface area contributed by atoms with Crippen LogP contribution in [0.25, 0.3) is 0 Å². The van der Waals surface area contributed by atoms with Crippen LogP contribution in [0.4, 0.5) is 0 Å². The van der Waals surface area contributed by atoms with E-state index in [-0.39, 0.29) is 5.91 Å². The van der Waals surface area contributed by atoms with Crippen molar-refractivity contribution in [3.8, 4) is 11.5 Å². The molecule has 100 valence electrons. The molecule has 0 aliphatic carbocycles. The van der Waals surface area contributed by atoms with Gasteiger partial charge in [-0.25, -0.2) is 0 Å². The van der Waals surface area contributed by atoms with Gasteiger partial charge in [0.1, 0.15) is 11.5 Å². The molecular weight excluding hydrogens is 230 g/mol. The summed E-state index contributed by atoms with van der Waals surface area (Å²) in [7, 11) is 1.61. The number of benzene rings is 1. The van der Waals surface area contributed by atoms with E-state index >= 15 is 0 Å². The zero-order valence-electron chi connectivity index (χ0n) is 11.5. The Labute approximate surface area is 108 Å².